The molecule has 0 radical (unpaired) electrons. The molecule has 1 aromatic carbocycles. The van der Waals surface area contributed by atoms with E-state index in [4.69, 9.17) is 4.42 Å². The van der Waals surface area contributed by atoms with Gasteiger partial charge in [0.05, 0.1) is 0 Å². The first-order valence-electron chi connectivity index (χ1n) is 8.22. The molecule has 0 bridgehead atoms. The van der Waals surface area contributed by atoms with Crippen LogP contribution in [0.1, 0.15) is 23.4 Å². The summed E-state index contributed by atoms with van der Waals surface area (Å²) in [4.78, 5) is 18.3. The van der Waals surface area contributed by atoms with Crippen LogP contribution in [0.25, 0.3) is 11.0 Å². The average Bonchev–Trinajstić information content (AvgIpc) is 2.92. The van der Waals surface area contributed by atoms with E-state index < -0.39 is 0 Å². The van der Waals surface area contributed by atoms with Crippen LogP contribution in [0.4, 0.5) is 0 Å². The highest BCUT2D eigenvalue weighted by molar-refractivity contribution is 5.80. The standard InChI is InChI=1S/C19H23N3O2/c1-14-5-6-17-16(12-19(23)24-18(17)11-14)13-21(3)8-4-9-22-10-7-20-15(22)2/h5-7,10-12H,4,8-9,13H2,1-3H3. The highest BCUT2D eigenvalue weighted by Gasteiger charge is 2.08. The molecule has 3 rings (SSSR count). The van der Waals surface area contributed by atoms with Crippen LogP contribution in [0.2, 0.25) is 0 Å². The number of imidazole rings is 1. The van der Waals surface area contributed by atoms with Gasteiger partial charge in [-0.3, -0.25) is 0 Å². The van der Waals surface area contributed by atoms with Gasteiger partial charge < -0.3 is 13.9 Å². The molecule has 0 spiro atoms. The van der Waals surface area contributed by atoms with Crippen molar-refractivity contribution < 1.29 is 4.42 Å². The zero-order valence-electron chi connectivity index (χ0n) is 14.5. The third kappa shape index (κ3) is 3.74. The maximum absolute atomic E-state index is 11.8. The summed E-state index contributed by atoms with van der Waals surface area (Å²) in [7, 11) is 2.08. The second-order valence-electron chi connectivity index (χ2n) is 6.35. The first kappa shape index (κ1) is 16.5. The lowest BCUT2D eigenvalue weighted by Gasteiger charge is -2.18. The summed E-state index contributed by atoms with van der Waals surface area (Å²) in [6.07, 6.45) is 4.87. The lowest BCUT2D eigenvalue weighted by molar-refractivity contribution is 0.314. The zero-order valence-corrected chi connectivity index (χ0v) is 14.5. The summed E-state index contributed by atoms with van der Waals surface area (Å²) >= 11 is 0. The Kier molecular flexibility index (Phi) is 4.81. The van der Waals surface area contributed by atoms with E-state index in [2.05, 4.69) is 21.5 Å². The smallest absolute Gasteiger partial charge is 0.336 e. The Balaban J connectivity index is 1.68. The maximum Gasteiger partial charge on any atom is 0.336 e. The van der Waals surface area contributed by atoms with E-state index in [0.717, 1.165) is 48.4 Å². The second kappa shape index (κ2) is 7.01. The van der Waals surface area contributed by atoms with Crippen molar-refractivity contribution in [2.45, 2.75) is 33.4 Å². The van der Waals surface area contributed by atoms with Crippen molar-refractivity contribution in [2.75, 3.05) is 13.6 Å². The maximum atomic E-state index is 11.8. The molecule has 5 heteroatoms. The van der Waals surface area contributed by atoms with Gasteiger partial charge in [0.1, 0.15) is 11.4 Å². The van der Waals surface area contributed by atoms with E-state index >= 15 is 0 Å². The lowest BCUT2D eigenvalue weighted by Crippen LogP contribution is -2.21. The third-order valence-electron chi connectivity index (χ3n) is 4.29. The summed E-state index contributed by atoms with van der Waals surface area (Å²) in [6.45, 7) is 6.64. The van der Waals surface area contributed by atoms with Gasteiger partial charge >= 0.3 is 5.63 Å². The fourth-order valence-corrected chi connectivity index (χ4v) is 2.99. The minimum atomic E-state index is -0.287. The Morgan fingerprint density at radius 3 is 2.83 bits per heavy atom. The number of aryl methyl sites for hydroxylation is 3. The van der Waals surface area contributed by atoms with Crippen LogP contribution in [0.3, 0.4) is 0 Å². The number of hydrogen-bond donors (Lipinski definition) is 0. The number of nitrogens with zero attached hydrogens (tertiary/aromatic N) is 3. The first-order chi connectivity index (χ1) is 11.5. The van der Waals surface area contributed by atoms with Crippen molar-refractivity contribution in [3.05, 3.63) is 64.0 Å². The first-order valence-corrected chi connectivity index (χ1v) is 8.22. The average molecular weight is 325 g/mol. The Morgan fingerprint density at radius 1 is 1.25 bits per heavy atom. The quantitative estimate of drug-likeness (QED) is 0.653. The molecule has 3 aromatic rings. The highest BCUT2D eigenvalue weighted by atomic mass is 16.4. The summed E-state index contributed by atoms with van der Waals surface area (Å²) in [6, 6.07) is 7.61. The third-order valence-corrected chi connectivity index (χ3v) is 4.29. The van der Waals surface area contributed by atoms with Crippen LogP contribution in [-0.2, 0) is 13.1 Å². The molecule has 0 fully saturated rings. The van der Waals surface area contributed by atoms with Crippen LogP contribution in [0.5, 0.6) is 0 Å². The van der Waals surface area contributed by atoms with Crippen molar-refractivity contribution in [1.82, 2.24) is 14.5 Å². The van der Waals surface area contributed by atoms with Crippen molar-refractivity contribution in [3.8, 4) is 0 Å². The Morgan fingerprint density at radius 2 is 2.08 bits per heavy atom. The van der Waals surface area contributed by atoms with Gasteiger partial charge in [-0.1, -0.05) is 12.1 Å². The molecule has 0 aliphatic heterocycles. The number of fused-ring (bicyclic) bond motifs is 1. The minimum absolute atomic E-state index is 0.287. The van der Waals surface area contributed by atoms with Crippen molar-refractivity contribution >= 4 is 11.0 Å². The van der Waals surface area contributed by atoms with Gasteiger partial charge in [0.25, 0.3) is 0 Å². The summed E-state index contributed by atoms with van der Waals surface area (Å²) in [5.41, 5.74) is 2.49. The van der Waals surface area contributed by atoms with E-state index in [9.17, 15) is 4.79 Å². The van der Waals surface area contributed by atoms with Crippen molar-refractivity contribution in [3.63, 3.8) is 0 Å². The summed E-state index contributed by atoms with van der Waals surface area (Å²) in [5, 5.41) is 1.01. The molecular weight excluding hydrogens is 302 g/mol. The van der Waals surface area contributed by atoms with Crippen LogP contribution in [0, 0.1) is 13.8 Å². The monoisotopic (exact) mass is 325 g/mol. The van der Waals surface area contributed by atoms with Crippen molar-refractivity contribution in [2.24, 2.45) is 0 Å². The minimum Gasteiger partial charge on any atom is -0.423 e. The van der Waals surface area contributed by atoms with Crippen LogP contribution in [-0.4, -0.2) is 28.0 Å². The molecular formula is C19H23N3O2. The topological polar surface area (TPSA) is 51.3 Å². The van der Waals surface area contributed by atoms with Gasteiger partial charge in [0, 0.05) is 36.9 Å². The predicted octanol–water partition coefficient (Wildman–Crippen LogP) is 3.13. The van der Waals surface area contributed by atoms with E-state index in [1.807, 2.05) is 44.4 Å². The van der Waals surface area contributed by atoms with Gasteiger partial charge in [-0.25, -0.2) is 9.78 Å². The highest BCUT2D eigenvalue weighted by Crippen LogP contribution is 2.19. The Hall–Kier alpha value is -2.40. The molecule has 0 saturated carbocycles. The zero-order chi connectivity index (χ0) is 17.1. The van der Waals surface area contributed by atoms with E-state index in [-0.39, 0.29) is 5.63 Å². The molecule has 0 aliphatic rings. The second-order valence-corrected chi connectivity index (χ2v) is 6.35. The molecule has 0 saturated heterocycles. The molecule has 0 amide bonds. The molecule has 24 heavy (non-hydrogen) atoms. The molecule has 126 valence electrons. The van der Waals surface area contributed by atoms with E-state index in [1.165, 1.54) is 0 Å². The molecule has 0 unspecified atom stereocenters. The largest absolute Gasteiger partial charge is 0.423 e. The molecule has 5 nitrogen and oxygen atoms in total. The van der Waals surface area contributed by atoms with Crippen LogP contribution >= 0.6 is 0 Å². The Bertz CT molecular complexity index is 895. The molecule has 0 aliphatic carbocycles. The molecule has 0 N–H and O–H groups in total. The predicted molar refractivity (Wildman–Crippen MR) is 95.1 cm³/mol. The Labute approximate surface area is 141 Å². The fraction of sp³-hybridized carbons (Fsp3) is 0.368. The van der Waals surface area contributed by atoms with Crippen LogP contribution in [0.15, 0.2) is 45.9 Å². The summed E-state index contributed by atoms with van der Waals surface area (Å²) in [5.74, 6) is 1.04. The van der Waals surface area contributed by atoms with E-state index in [0.29, 0.717) is 5.58 Å². The van der Waals surface area contributed by atoms with Gasteiger partial charge in [0.15, 0.2) is 0 Å². The normalized spacial score (nSPS) is 11.5. The molecule has 2 aromatic heterocycles. The fourth-order valence-electron chi connectivity index (χ4n) is 2.99. The van der Waals surface area contributed by atoms with Crippen molar-refractivity contribution in [1.29, 1.82) is 0 Å². The van der Waals surface area contributed by atoms with Gasteiger partial charge in [-0.05, 0) is 51.1 Å². The van der Waals surface area contributed by atoms with Crippen LogP contribution < -0.4 is 5.63 Å². The number of aromatic nitrogens is 2. The van der Waals surface area contributed by atoms with E-state index in [1.54, 1.807) is 6.07 Å². The lowest BCUT2D eigenvalue weighted by atomic mass is 10.1. The molecule has 2 heterocycles. The molecule has 0 atom stereocenters. The number of rotatable bonds is 6. The number of benzene rings is 1. The number of hydrogen-bond acceptors (Lipinski definition) is 4. The van der Waals surface area contributed by atoms with Gasteiger partial charge in [-0.15, -0.1) is 0 Å². The van der Waals surface area contributed by atoms with Gasteiger partial charge in [0.2, 0.25) is 0 Å². The van der Waals surface area contributed by atoms with Gasteiger partial charge in [-0.2, -0.15) is 0 Å². The summed E-state index contributed by atoms with van der Waals surface area (Å²) < 4.78 is 7.48. The SMILES string of the molecule is Cc1ccc2c(CN(C)CCCn3ccnc3C)cc(=O)oc2c1.